The van der Waals surface area contributed by atoms with Crippen LogP contribution in [0.5, 0.6) is 0 Å². The molecule has 0 spiro atoms. The van der Waals surface area contributed by atoms with Crippen molar-refractivity contribution in [2.45, 2.75) is 75.2 Å². The van der Waals surface area contributed by atoms with E-state index in [0.29, 0.717) is 5.66 Å². The highest BCUT2D eigenvalue weighted by Gasteiger charge is 2.51. The summed E-state index contributed by atoms with van der Waals surface area (Å²) in [6, 6.07) is 0. The van der Waals surface area contributed by atoms with Crippen LogP contribution in [0.3, 0.4) is 0 Å². The summed E-state index contributed by atoms with van der Waals surface area (Å²) in [6.45, 7) is 0. The molecule has 1 atom stereocenters. The first-order chi connectivity index (χ1) is 7.22. The molecule has 0 radical (unpaired) electrons. The molecule has 0 bridgehead atoms. The lowest BCUT2D eigenvalue weighted by molar-refractivity contribution is 0.0828. The van der Waals surface area contributed by atoms with Gasteiger partial charge in [0.2, 0.25) is 0 Å². The van der Waals surface area contributed by atoms with E-state index in [2.05, 4.69) is 0 Å². The second kappa shape index (κ2) is 4.93. The zero-order valence-corrected chi connectivity index (χ0v) is 10.3. The molecule has 0 heterocycles. The lowest BCUT2D eigenvalue weighted by Crippen LogP contribution is -2.30. The summed E-state index contributed by atoms with van der Waals surface area (Å²) in [7, 11) is -1.39. The maximum Gasteiger partial charge on any atom is 0.376 e. The van der Waals surface area contributed by atoms with Crippen LogP contribution in [0.2, 0.25) is 0 Å². The van der Waals surface area contributed by atoms with Crippen molar-refractivity contribution in [3.63, 3.8) is 0 Å². The van der Waals surface area contributed by atoms with E-state index < -0.39 is 13.1 Å². The topological polar surface area (TPSA) is 37.3 Å². The maximum atomic E-state index is 12.4. The Morgan fingerprint density at radius 2 is 1.47 bits per heavy atom. The van der Waals surface area contributed by atoms with Crippen LogP contribution in [0.4, 0.5) is 0 Å². The van der Waals surface area contributed by atoms with Gasteiger partial charge in [0.15, 0.2) is 5.66 Å². The van der Waals surface area contributed by atoms with Crippen LogP contribution in [0.25, 0.3) is 0 Å². The van der Waals surface area contributed by atoms with Crippen LogP contribution in [0, 0.1) is 0 Å². The van der Waals surface area contributed by atoms with Gasteiger partial charge in [-0.2, -0.15) is 0 Å². The Morgan fingerprint density at radius 1 is 0.933 bits per heavy atom. The van der Waals surface area contributed by atoms with Crippen molar-refractivity contribution in [3.05, 3.63) is 0 Å². The monoisotopic (exact) mass is 229 g/mol. The van der Waals surface area contributed by atoms with E-state index in [9.17, 15) is 9.67 Å². The third kappa shape index (κ3) is 2.60. The van der Waals surface area contributed by atoms with E-state index in [-0.39, 0.29) is 0 Å². The van der Waals surface area contributed by atoms with Gasteiger partial charge in [-0.05, 0) is 38.5 Å². The molecule has 0 aromatic heterocycles. The van der Waals surface area contributed by atoms with Crippen LogP contribution in [-0.4, -0.2) is 16.1 Å². The highest BCUT2D eigenvalue weighted by Crippen LogP contribution is 2.53. The summed E-state index contributed by atoms with van der Waals surface area (Å²) in [4.78, 5) is 0. The minimum Gasteiger partial charge on any atom is -0.349 e. The molecule has 0 aliphatic heterocycles. The Hall–Kier alpha value is 0.0600. The molecule has 2 nitrogen and oxygen atoms in total. The first kappa shape index (κ1) is 11.5. The largest absolute Gasteiger partial charge is 0.376 e. The average Bonchev–Trinajstić information content (AvgIpc) is 2.30. The fourth-order valence-electron chi connectivity index (χ4n) is 2.99. The van der Waals surface area contributed by atoms with Crippen molar-refractivity contribution in [3.8, 4) is 0 Å². The first-order valence-electron chi connectivity index (χ1n) is 6.41. The molecule has 2 saturated carbocycles. The lowest BCUT2D eigenvalue weighted by atomic mass is 9.97. The standard InChI is InChI=1S/C12H22O2P/c13-12(9-5-2-6-10-12)15(14)11-7-3-1-4-8-11/h11,13H,1-10H2/q+1. The van der Waals surface area contributed by atoms with Crippen molar-refractivity contribution >= 4 is 7.80 Å². The highest BCUT2D eigenvalue weighted by molar-refractivity contribution is 7.47. The SMILES string of the molecule is O=[P+](C1CCCCC1)C1(O)CCCCC1. The number of hydrogen-bond donors (Lipinski definition) is 1. The average molecular weight is 229 g/mol. The fraction of sp³-hybridized carbons (Fsp3) is 1.00. The van der Waals surface area contributed by atoms with Crippen molar-refractivity contribution in [2.24, 2.45) is 0 Å². The van der Waals surface area contributed by atoms with Gasteiger partial charge in [-0.3, -0.25) is 0 Å². The summed E-state index contributed by atoms with van der Waals surface area (Å²) in [5, 5.41) is 9.61. The lowest BCUT2D eigenvalue weighted by Gasteiger charge is -2.26. The van der Waals surface area contributed by atoms with E-state index in [0.717, 1.165) is 38.5 Å². The van der Waals surface area contributed by atoms with E-state index >= 15 is 0 Å². The second-order valence-corrected chi connectivity index (χ2v) is 7.38. The molecule has 2 aliphatic rings. The molecule has 0 aromatic rings. The summed E-state index contributed by atoms with van der Waals surface area (Å²) >= 11 is 0. The van der Waals surface area contributed by atoms with Crippen molar-refractivity contribution in [2.75, 3.05) is 0 Å². The Kier molecular flexibility index (Phi) is 3.79. The predicted molar refractivity (Wildman–Crippen MR) is 62.5 cm³/mol. The van der Waals surface area contributed by atoms with E-state index in [1.807, 2.05) is 0 Å². The van der Waals surface area contributed by atoms with E-state index in [1.165, 1.54) is 25.7 Å². The summed E-state index contributed by atoms with van der Waals surface area (Å²) in [6.07, 6.45) is 10.7. The van der Waals surface area contributed by atoms with Crippen LogP contribution >= 0.6 is 7.80 Å². The molecule has 0 aromatic carbocycles. The molecule has 0 saturated heterocycles. The zero-order valence-electron chi connectivity index (χ0n) is 9.45. The predicted octanol–water partition coefficient (Wildman–Crippen LogP) is 3.80. The Morgan fingerprint density at radius 3 is 2.07 bits per heavy atom. The Labute approximate surface area is 93.2 Å². The van der Waals surface area contributed by atoms with Gasteiger partial charge in [0.1, 0.15) is 0 Å². The summed E-state index contributed by atoms with van der Waals surface area (Å²) in [5.74, 6) is 0. The molecule has 2 rings (SSSR count). The van der Waals surface area contributed by atoms with Gasteiger partial charge < -0.3 is 5.11 Å². The molecule has 2 fully saturated rings. The number of rotatable bonds is 2. The second-order valence-electron chi connectivity index (χ2n) is 5.16. The van der Waals surface area contributed by atoms with Gasteiger partial charge in [-0.15, -0.1) is 0 Å². The molecule has 2 aliphatic carbocycles. The number of aliphatic hydroxyl groups is 1. The van der Waals surface area contributed by atoms with Crippen LogP contribution in [0.1, 0.15) is 64.2 Å². The molecule has 1 unspecified atom stereocenters. The van der Waals surface area contributed by atoms with Gasteiger partial charge in [0.25, 0.3) is 5.34 Å². The quantitative estimate of drug-likeness (QED) is 0.731. The fourth-order valence-corrected chi connectivity index (χ4v) is 5.26. The van der Waals surface area contributed by atoms with Gasteiger partial charge in [-0.25, -0.2) is 0 Å². The van der Waals surface area contributed by atoms with Crippen molar-refractivity contribution < 1.29 is 9.67 Å². The van der Waals surface area contributed by atoms with Crippen molar-refractivity contribution in [1.29, 1.82) is 0 Å². The summed E-state index contributed by atoms with van der Waals surface area (Å²) in [5.41, 5.74) is 0.317. The highest BCUT2D eigenvalue weighted by atomic mass is 31.1. The van der Waals surface area contributed by atoms with Gasteiger partial charge in [0.05, 0.1) is 0 Å². The van der Waals surface area contributed by atoms with E-state index in [1.54, 1.807) is 0 Å². The van der Waals surface area contributed by atoms with Gasteiger partial charge in [0, 0.05) is 12.8 Å². The molecule has 0 amide bonds. The molecule has 86 valence electrons. The molecule has 15 heavy (non-hydrogen) atoms. The normalized spacial score (nSPS) is 28.7. The zero-order chi connectivity index (χ0) is 10.7. The van der Waals surface area contributed by atoms with Gasteiger partial charge >= 0.3 is 7.80 Å². The minimum absolute atomic E-state index is 0.317. The summed E-state index contributed by atoms with van der Waals surface area (Å²) < 4.78 is 12.4. The molecular weight excluding hydrogens is 207 g/mol. The van der Waals surface area contributed by atoms with Crippen LogP contribution in [-0.2, 0) is 4.57 Å². The molecular formula is C12H22O2P+. The minimum atomic E-state index is -1.39. The smallest absolute Gasteiger partial charge is 0.349 e. The van der Waals surface area contributed by atoms with Crippen LogP contribution in [0.15, 0.2) is 0 Å². The Bertz CT molecular complexity index is 228. The first-order valence-corrected chi connectivity index (χ1v) is 7.74. The maximum absolute atomic E-state index is 12.4. The third-order valence-corrected chi connectivity index (χ3v) is 6.42. The molecule has 3 heteroatoms. The van der Waals surface area contributed by atoms with Crippen LogP contribution < -0.4 is 0 Å². The molecule has 1 N–H and O–H groups in total. The van der Waals surface area contributed by atoms with Crippen molar-refractivity contribution in [1.82, 2.24) is 0 Å². The van der Waals surface area contributed by atoms with E-state index in [4.69, 9.17) is 0 Å². The number of hydrogen-bond acceptors (Lipinski definition) is 2. The third-order valence-electron chi connectivity index (χ3n) is 3.97. The van der Waals surface area contributed by atoms with Gasteiger partial charge in [-0.1, -0.05) is 17.4 Å². The Balaban J connectivity index is 1.98.